The topological polar surface area (TPSA) is 94.8 Å². The van der Waals surface area contributed by atoms with E-state index in [1.165, 1.54) is 12.2 Å². The smallest absolute Gasteiger partial charge is 0.336 e. The first-order valence-electron chi connectivity index (χ1n) is 9.70. The normalized spacial score (nSPS) is 54.0. The highest BCUT2D eigenvalue weighted by molar-refractivity contribution is 6.01. The van der Waals surface area contributed by atoms with E-state index in [2.05, 4.69) is 0 Å². The maximum absolute atomic E-state index is 16.8. The maximum atomic E-state index is 16.8. The Hall–Kier alpha value is -1.53. The Morgan fingerprint density at radius 2 is 1.96 bits per heavy atom. The average Bonchev–Trinajstić information content (AvgIpc) is 2.79. The molecule has 0 saturated heterocycles. The van der Waals surface area contributed by atoms with Crippen LogP contribution in [0.1, 0.15) is 46.5 Å². The molecule has 0 aromatic carbocycles. The van der Waals surface area contributed by atoms with Crippen LogP contribution in [0.5, 0.6) is 0 Å². The third-order valence-corrected chi connectivity index (χ3v) is 8.55. The second-order valence-electron chi connectivity index (χ2n) is 9.47. The van der Waals surface area contributed by atoms with Crippen LogP contribution in [0.15, 0.2) is 23.8 Å². The fraction of sp³-hybridized carbons (Fsp3) is 0.714. The summed E-state index contributed by atoms with van der Waals surface area (Å²) in [5.74, 6) is -2.94. The summed E-state index contributed by atoms with van der Waals surface area (Å²) in [7, 11) is 0. The van der Waals surface area contributed by atoms with Crippen LogP contribution in [0.2, 0.25) is 0 Å². The van der Waals surface area contributed by atoms with Crippen LogP contribution < -0.4 is 0 Å². The number of halogens is 1. The predicted octanol–water partition coefficient (Wildman–Crippen LogP) is 2.42. The summed E-state index contributed by atoms with van der Waals surface area (Å²) in [6, 6.07) is 0. The highest BCUT2D eigenvalue weighted by Crippen LogP contribution is 2.70. The van der Waals surface area contributed by atoms with Gasteiger partial charge >= 0.3 is 5.97 Å². The molecule has 3 N–H and O–H groups in total. The summed E-state index contributed by atoms with van der Waals surface area (Å²) in [6.45, 7) is 5.10. The van der Waals surface area contributed by atoms with E-state index in [1.807, 2.05) is 0 Å². The Labute approximate surface area is 158 Å². The van der Waals surface area contributed by atoms with Crippen molar-refractivity contribution in [3.63, 3.8) is 0 Å². The van der Waals surface area contributed by atoms with Gasteiger partial charge in [-0.15, -0.1) is 0 Å². The van der Waals surface area contributed by atoms with Gasteiger partial charge < -0.3 is 15.3 Å². The van der Waals surface area contributed by atoms with E-state index in [0.717, 1.165) is 0 Å². The zero-order valence-corrected chi connectivity index (χ0v) is 15.9. The van der Waals surface area contributed by atoms with Crippen molar-refractivity contribution < 1.29 is 29.3 Å². The summed E-state index contributed by atoms with van der Waals surface area (Å²) in [5.41, 5.74) is -5.51. The molecule has 3 saturated carbocycles. The molecular weight excluding hydrogens is 351 g/mol. The average molecular weight is 378 g/mol. The number of hydrogen-bond donors (Lipinski definition) is 3. The Morgan fingerprint density at radius 3 is 2.59 bits per heavy atom. The lowest BCUT2D eigenvalue weighted by Gasteiger charge is -2.62. The van der Waals surface area contributed by atoms with Crippen molar-refractivity contribution >= 4 is 11.8 Å². The van der Waals surface area contributed by atoms with Crippen LogP contribution in [-0.4, -0.2) is 44.4 Å². The van der Waals surface area contributed by atoms with E-state index in [4.69, 9.17) is 0 Å². The second-order valence-corrected chi connectivity index (χ2v) is 9.47. The lowest BCUT2D eigenvalue weighted by atomic mass is 9.45. The van der Waals surface area contributed by atoms with Gasteiger partial charge in [0.1, 0.15) is 0 Å². The third kappa shape index (κ3) is 1.91. The number of aliphatic hydroxyl groups excluding tert-OH is 1. The molecule has 4 aliphatic carbocycles. The Morgan fingerprint density at radius 1 is 1.30 bits per heavy atom. The molecule has 0 aliphatic heterocycles. The number of ketones is 1. The largest absolute Gasteiger partial charge is 0.479 e. The third-order valence-electron chi connectivity index (χ3n) is 8.55. The molecule has 27 heavy (non-hydrogen) atoms. The first-order valence-corrected chi connectivity index (χ1v) is 9.70. The standard InChI is InChI=1S/C21H27FO5/c1-11-8-15-14-5-4-12-9-13(23)6-7-18(12,2)20(14,22)16(24)10-19(15,3)21(11,27)17(25)26/h6-7,9,11,14-16,24,27H,4-5,8,10H2,1-3H3,(H,25,26)/t11-,14+,15+,16?,18+,19+,20+,21?/m1/s1. The van der Waals surface area contributed by atoms with Crippen molar-refractivity contribution in [2.75, 3.05) is 0 Å². The number of fused-ring (bicyclic) bond motifs is 5. The van der Waals surface area contributed by atoms with Crippen molar-refractivity contribution in [3.05, 3.63) is 23.8 Å². The summed E-state index contributed by atoms with van der Waals surface area (Å²) in [5, 5.41) is 31.9. The molecule has 0 aromatic rings. The number of aliphatic hydroxyl groups is 2. The molecule has 0 spiro atoms. The maximum Gasteiger partial charge on any atom is 0.336 e. The number of aliphatic carboxylic acids is 1. The fourth-order valence-electron chi connectivity index (χ4n) is 7.00. The molecule has 0 radical (unpaired) electrons. The van der Waals surface area contributed by atoms with E-state index >= 15 is 4.39 Å². The van der Waals surface area contributed by atoms with E-state index in [-0.39, 0.29) is 18.1 Å². The van der Waals surface area contributed by atoms with Gasteiger partial charge in [-0.1, -0.05) is 25.5 Å². The summed E-state index contributed by atoms with van der Waals surface area (Å²) in [6.07, 6.45) is 4.22. The molecule has 4 rings (SSSR count). The molecule has 2 unspecified atom stereocenters. The van der Waals surface area contributed by atoms with Crippen molar-refractivity contribution in [2.24, 2.45) is 28.6 Å². The zero-order chi connectivity index (χ0) is 20.0. The van der Waals surface area contributed by atoms with Gasteiger partial charge in [0.15, 0.2) is 17.1 Å². The number of carboxylic acids is 1. The Bertz CT molecular complexity index is 789. The number of carbonyl (C=O) groups is 2. The first kappa shape index (κ1) is 18.8. The molecule has 8 atom stereocenters. The summed E-state index contributed by atoms with van der Waals surface area (Å²) in [4.78, 5) is 23.8. The Kier molecular flexibility index (Phi) is 3.69. The van der Waals surface area contributed by atoms with Gasteiger partial charge in [-0.3, -0.25) is 4.79 Å². The van der Waals surface area contributed by atoms with Gasteiger partial charge in [0.05, 0.1) is 6.10 Å². The van der Waals surface area contributed by atoms with Gasteiger partial charge in [-0.2, -0.15) is 0 Å². The van der Waals surface area contributed by atoms with Crippen molar-refractivity contribution in [1.29, 1.82) is 0 Å². The molecule has 148 valence electrons. The van der Waals surface area contributed by atoms with Gasteiger partial charge in [0.2, 0.25) is 0 Å². The van der Waals surface area contributed by atoms with E-state index < -0.39 is 46.0 Å². The SMILES string of the molecule is C[C@@H]1C[C@H]2[C@@H]3CCC4=CC(=O)C=C[C@]4(C)[C@@]3(F)C(O)C[C@]2(C)C1(O)C(=O)O. The summed E-state index contributed by atoms with van der Waals surface area (Å²) < 4.78 is 16.8. The van der Waals surface area contributed by atoms with Crippen LogP contribution in [0, 0.1) is 28.6 Å². The monoisotopic (exact) mass is 378 g/mol. The predicted molar refractivity (Wildman–Crippen MR) is 95.5 cm³/mol. The Balaban J connectivity index is 1.85. The fourth-order valence-corrected chi connectivity index (χ4v) is 7.00. The van der Waals surface area contributed by atoms with E-state index in [9.17, 15) is 24.9 Å². The number of hydrogen-bond acceptors (Lipinski definition) is 4. The van der Waals surface area contributed by atoms with Crippen molar-refractivity contribution in [1.82, 2.24) is 0 Å². The molecule has 3 fully saturated rings. The molecule has 0 amide bonds. The molecule has 0 aromatic heterocycles. The minimum Gasteiger partial charge on any atom is -0.479 e. The van der Waals surface area contributed by atoms with Crippen LogP contribution in [-0.2, 0) is 9.59 Å². The zero-order valence-electron chi connectivity index (χ0n) is 15.9. The molecule has 4 aliphatic rings. The molecule has 6 heteroatoms. The lowest BCUT2D eigenvalue weighted by molar-refractivity contribution is -0.225. The first-order chi connectivity index (χ1) is 12.4. The molecule has 0 heterocycles. The number of carbonyl (C=O) groups excluding carboxylic acids is 1. The highest BCUT2D eigenvalue weighted by atomic mass is 19.1. The molecular formula is C21H27FO5. The van der Waals surface area contributed by atoms with Crippen molar-refractivity contribution in [3.8, 4) is 0 Å². The quantitative estimate of drug-likeness (QED) is 0.651. The van der Waals surface area contributed by atoms with Gasteiger partial charge in [-0.05, 0) is 56.6 Å². The van der Waals surface area contributed by atoms with Crippen LogP contribution in [0.25, 0.3) is 0 Å². The minimum atomic E-state index is -2.00. The molecule has 5 nitrogen and oxygen atoms in total. The number of rotatable bonds is 1. The molecule has 0 bridgehead atoms. The number of alkyl halides is 1. The number of allylic oxidation sites excluding steroid dienone is 4. The van der Waals surface area contributed by atoms with E-state index in [0.29, 0.717) is 24.8 Å². The van der Waals surface area contributed by atoms with Crippen LogP contribution in [0.3, 0.4) is 0 Å². The second kappa shape index (κ2) is 5.29. The van der Waals surface area contributed by atoms with Crippen molar-refractivity contribution in [2.45, 2.75) is 63.8 Å². The van der Waals surface area contributed by atoms with Gasteiger partial charge in [0.25, 0.3) is 0 Å². The van der Waals surface area contributed by atoms with Crippen LogP contribution >= 0.6 is 0 Å². The minimum absolute atomic E-state index is 0.123. The highest BCUT2D eigenvalue weighted by Gasteiger charge is 2.76. The van der Waals surface area contributed by atoms with Crippen LogP contribution in [0.4, 0.5) is 4.39 Å². The number of carboxylic acid groups (broad SMARTS) is 1. The lowest BCUT2D eigenvalue weighted by Crippen LogP contribution is -2.69. The van der Waals surface area contributed by atoms with Gasteiger partial charge in [-0.25, -0.2) is 9.18 Å². The van der Waals surface area contributed by atoms with Gasteiger partial charge in [0, 0.05) is 16.7 Å². The summed E-state index contributed by atoms with van der Waals surface area (Å²) >= 11 is 0. The van der Waals surface area contributed by atoms with E-state index in [1.54, 1.807) is 26.8 Å².